The van der Waals surface area contributed by atoms with Gasteiger partial charge in [-0.1, -0.05) is 19.0 Å². The standard InChI is InChI=1S/C10H20N6O/c1-7(2)6-13-10(15-11)12-5-4-9-14-8(3)16-17-9/h7H,4-6,11H2,1-3H3,(H2,12,13,15). The van der Waals surface area contributed by atoms with Crippen LogP contribution in [0.1, 0.15) is 25.6 Å². The Kier molecular flexibility index (Phi) is 5.41. The van der Waals surface area contributed by atoms with Crippen molar-refractivity contribution in [2.24, 2.45) is 16.8 Å². The van der Waals surface area contributed by atoms with E-state index in [-0.39, 0.29) is 0 Å². The number of nitrogens with one attached hydrogen (secondary N) is 2. The molecule has 4 N–H and O–H groups in total. The number of rotatable bonds is 5. The van der Waals surface area contributed by atoms with Gasteiger partial charge in [0.05, 0.1) is 0 Å². The molecule has 0 saturated carbocycles. The Labute approximate surface area is 101 Å². The van der Waals surface area contributed by atoms with Gasteiger partial charge in [-0.15, -0.1) is 0 Å². The number of hydrazine groups is 1. The van der Waals surface area contributed by atoms with Crippen molar-refractivity contribution in [2.75, 3.05) is 13.1 Å². The topological polar surface area (TPSA) is 101 Å². The summed E-state index contributed by atoms with van der Waals surface area (Å²) in [6, 6.07) is 0. The molecule has 96 valence electrons. The zero-order chi connectivity index (χ0) is 12.7. The van der Waals surface area contributed by atoms with Crippen LogP contribution in [0.3, 0.4) is 0 Å². The predicted molar refractivity (Wildman–Crippen MR) is 65.2 cm³/mol. The van der Waals surface area contributed by atoms with Gasteiger partial charge in [0, 0.05) is 19.5 Å². The van der Waals surface area contributed by atoms with Crippen LogP contribution in [0, 0.1) is 12.8 Å². The molecule has 0 fully saturated rings. The Morgan fingerprint density at radius 2 is 2.29 bits per heavy atom. The van der Waals surface area contributed by atoms with Gasteiger partial charge in [-0.05, 0) is 12.8 Å². The molecule has 7 heteroatoms. The van der Waals surface area contributed by atoms with E-state index < -0.39 is 0 Å². The summed E-state index contributed by atoms with van der Waals surface area (Å²) in [7, 11) is 0. The van der Waals surface area contributed by atoms with Crippen molar-refractivity contribution in [1.82, 2.24) is 20.9 Å². The molecule has 0 aliphatic carbocycles. The van der Waals surface area contributed by atoms with E-state index in [1.54, 1.807) is 6.92 Å². The van der Waals surface area contributed by atoms with E-state index in [2.05, 4.69) is 39.7 Å². The molecule has 1 aromatic heterocycles. The molecule has 0 bridgehead atoms. The van der Waals surface area contributed by atoms with E-state index in [0.29, 0.717) is 36.6 Å². The van der Waals surface area contributed by atoms with Crippen molar-refractivity contribution in [2.45, 2.75) is 27.2 Å². The van der Waals surface area contributed by atoms with Gasteiger partial charge < -0.3 is 9.84 Å². The number of aryl methyl sites for hydroxylation is 1. The third kappa shape index (κ3) is 5.30. The number of hydrogen-bond donors (Lipinski definition) is 3. The summed E-state index contributed by atoms with van der Waals surface area (Å²) in [5, 5.41) is 6.78. The van der Waals surface area contributed by atoms with E-state index >= 15 is 0 Å². The van der Waals surface area contributed by atoms with Gasteiger partial charge in [0.1, 0.15) is 0 Å². The van der Waals surface area contributed by atoms with Crippen molar-refractivity contribution in [3.05, 3.63) is 11.7 Å². The minimum Gasteiger partial charge on any atom is -0.355 e. The maximum atomic E-state index is 5.35. The van der Waals surface area contributed by atoms with Crippen molar-refractivity contribution < 1.29 is 4.52 Å². The normalized spacial score (nSPS) is 11.9. The fourth-order valence-corrected chi connectivity index (χ4v) is 1.16. The van der Waals surface area contributed by atoms with Crippen LogP contribution in [0.4, 0.5) is 0 Å². The lowest BCUT2D eigenvalue weighted by atomic mass is 10.2. The molecule has 1 rings (SSSR count). The first-order chi connectivity index (χ1) is 8.11. The zero-order valence-corrected chi connectivity index (χ0v) is 10.5. The van der Waals surface area contributed by atoms with E-state index in [9.17, 15) is 0 Å². The molecule has 0 atom stereocenters. The van der Waals surface area contributed by atoms with Crippen LogP contribution in [0.15, 0.2) is 9.52 Å². The molecule has 1 heterocycles. The Balaban J connectivity index is 2.30. The van der Waals surface area contributed by atoms with Crippen LogP contribution in [-0.2, 0) is 6.42 Å². The van der Waals surface area contributed by atoms with Gasteiger partial charge in [0.25, 0.3) is 0 Å². The number of aliphatic imine (C=N–C) groups is 1. The first-order valence-electron chi connectivity index (χ1n) is 5.66. The van der Waals surface area contributed by atoms with Gasteiger partial charge in [-0.2, -0.15) is 4.98 Å². The van der Waals surface area contributed by atoms with Crippen molar-refractivity contribution in [3.63, 3.8) is 0 Å². The minimum absolute atomic E-state index is 0.499. The SMILES string of the molecule is Cc1noc(CCNC(=NCC(C)C)NN)n1. The summed E-state index contributed by atoms with van der Waals surface area (Å²) in [6.45, 7) is 7.35. The Morgan fingerprint density at radius 1 is 1.53 bits per heavy atom. The minimum atomic E-state index is 0.499. The molecule has 0 radical (unpaired) electrons. The average molecular weight is 240 g/mol. The fourth-order valence-electron chi connectivity index (χ4n) is 1.16. The summed E-state index contributed by atoms with van der Waals surface area (Å²) in [4.78, 5) is 8.38. The number of guanidine groups is 1. The Morgan fingerprint density at radius 3 is 2.82 bits per heavy atom. The van der Waals surface area contributed by atoms with Crippen molar-refractivity contribution >= 4 is 5.96 Å². The molecule has 0 aromatic carbocycles. The third-order valence-corrected chi connectivity index (χ3v) is 1.95. The lowest BCUT2D eigenvalue weighted by Gasteiger charge is -2.08. The maximum Gasteiger partial charge on any atom is 0.228 e. The quantitative estimate of drug-likeness (QED) is 0.289. The number of nitrogens with zero attached hydrogens (tertiary/aromatic N) is 3. The number of nitrogens with two attached hydrogens (primary N) is 1. The number of aromatic nitrogens is 2. The number of hydrogen-bond acceptors (Lipinski definition) is 5. The molecular formula is C10H20N6O. The lowest BCUT2D eigenvalue weighted by molar-refractivity contribution is 0.374. The summed E-state index contributed by atoms with van der Waals surface area (Å²) in [5.74, 6) is 7.68. The summed E-state index contributed by atoms with van der Waals surface area (Å²) in [5.41, 5.74) is 2.52. The van der Waals surface area contributed by atoms with Gasteiger partial charge in [-0.3, -0.25) is 10.4 Å². The second-order valence-corrected chi connectivity index (χ2v) is 4.14. The van der Waals surface area contributed by atoms with Crippen LogP contribution >= 0.6 is 0 Å². The highest BCUT2D eigenvalue weighted by Gasteiger charge is 2.03. The molecule has 0 unspecified atom stereocenters. The van der Waals surface area contributed by atoms with E-state index in [0.717, 1.165) is 6.54 Å². The monoisotopic (exact) mass is 240 g/mol. The van der Waals surface area contributed by atoms with Crippen molar-refractivity contribution in [1.29, 1.82) is 0 Å². The first-order valence-corrected chi connectivity index (χ1v) is 5.66. The molecular weight excluding hydrogens is 220 g/mol. The average Bonchev–Trinajstić information content (AvgIpc) is 2.69. The molecule has 1 aromatic rings. The highest BCUT2D eigenvalue weighted by molar-refractivity contribution is 5.79. The summed E-state index contributed by atoms with van der Waals surface area (Å²) in [6.07, 6.45) is 0.642. The smallest absolute Gasteiger partial charge is 0.228 e. The van der Waals surface area contributed by atoms with E-state index in [1.807, 2.05) is 0 Å². The van der Waals surface area contributed by atoms with Crippen LogP contribution in [0.25, 0.3) is 0 Å². The highest BCUT2D eigenvalue weighted by atomic mass is 16.5. The van der Waals surface area contributed by atoms with E-state index in [1.165, 1.54) is 0 Å². The highest BCUT2D eigenvalue weighted by Crippen LogP contribution is 1.95. The van der Waals surface area contributed by atoms with Gasteiger partial charge in [-0.25, -0.2) is 5.84 Å². The second kappa shape index (κ2) is 6.85. The van der Waals surface area contributed by atoms with Crippen molar-refractivity contribution in [3.8, 4) is 0 Å². The van der Waals surface area contributed by atoms with Crippen LogP contribution in [-0.4, -0.2) is 29.2 Å². The van der Waals surface area contributed by atoms with Gasteiger partial charge in [0.15, 0.2) is 5.82 Å². The van der Waals surface area contributed by atoms with Gasteiger partial charge in [0.2, 0.25) is 11.9 Å². The van der Waals surface area contributed by atoms with Gasteiger partial charge >= 0.3 is 0 Å². The Bertz CT molecular complexity index is 359. The molecule has 0 aliphatic rings. The lowest BCUT2D eigenvalue weighted by Crippen LogP contribution is -2.42. The summed E-state index contributed by atoms with van der Waals surface area (Å²) >= 11 is 0. The largest absolute Gasteiger partial charge is 0.355 e. The molecule has 17 heavy (non-hydrogen) atoms. The maximum absolute atomic E-state index is 5.35. The molecule has 0 amide bonds. The molecule has 0 aliphatic heterocycles. The molecule has 0 spiro atoms. The van der Waals surface area contributed by atoms with Crippen LogP contribution < -0.4 is 16.6 Å². The fraction of sp³-hybridized carbons (Fsp3) is 0.700. The van der Waals surface area contributed by atoms with Crippen LogP contribution in [0.2, 0.25) is 0 Å². The Hall–Kier alpha value is -1.63. The first kappa shape index (κ1) is 13.4. The third-order valence-electron chi connectivity index (χ3n) is 1.95. The van der Waals surface area contributed by atoms with Crippen LogP contribution in [0.5, 0.6) is 0 Å². The zero-order valence-electron chi connectivity index (χ0n) is 10.5. The van der Waals surface area contributed by atoms with E-state index in [4.69, 9.17) is 10.4 Å². The predicted octanol–water partition coefficient (Wildman–Crippen LogP) is -0.0146. The molecule has 0 saturated heterocycles. The molecule has 7 nitrogen and oxygen atoms in total. The second-order valence-electron chi connectivity index (χ2n) is 4.14. The summed E-state index contributed by atoms with van der Waals surface area (Å²) < 4.78 is 4.99.